The Morgan fingerprint density at radius 1 is 1.17 bits per heavy atom. The van der Waals surface area contributed by atoms with Crippen LogP contribution in [0.4, 0.5) is 0 Å². The van der Waals surface area contributed by atoms with Gasteiger partial charge in [0.05, 0.1) is 11.5 Å². The predicted octanol–water partition coefficient (Wildman–Crippen LogP) is 3.00. The normalized spacial score (nSPS) is 22.7. The Kier molecular flexibility index (Phi) is 5.39. The lowest BCUT2D eigenvalue weighted by atomic mass is 9.92. The van der Waals surface area contributed by atoms with Gasteiger partial charge in [0.25, 0.3) is 0 Å². The van der Waals surface area contributed by atoms with Crippen molar-refractivity contribution in [2.24, 2.45) is 5.92 Å². The summed E-state index contributed by atoms with van der Waals surface area (Å²) in [6.07, 6.45) is 6.43. The van der Waals surface area contributed by atoms with E-state index in [0.29, 0.717) is 37.1 Å². The maximum atomic E-state index is 13.0. The molecule has 0 spiro atoms. The van der Waals surface area contributed by atoms with Crippen LogP contribution >= 0.6 is 0 Å². The third kappa shape index (κ3) is 3.78. The molecule has 0 radical (unpaired) electrons. The topological polar surface area (TPSA) is 46.6 Å². The third-order valence-electron chi connectivity index (χ3n) is 5.00. The predicted molar refractivity (Wildman–Crippen MR) is 91.1 cm³/mol. The Morgan fingerprint density at radius 3 is 2.74 bits per heavy atom. The Hall–Kier alpha value is -0.910. The van der Waals surface area contributed by atoms with Gasteiger partial charge in [0, 0.05) is 19.7 Å². The van der Waals surface area contributed by atoms with Gasteiger partial charge in [0.15, 0.2) is 0 Å². The highest BCUT2D eigenvalue weighted by atomic mass is 32.2. The van der Waals surface area contributed by atoms with Gasteiger partial charge >= 0.3 is 0 Å². The molecule has 128 valence electrons. The van der Waals surface area contributed by atoms with Crippen molar-refractivity contribution in [3.63, 3.8) is 0 Å². The summed E-state index contributed by atoms with van der Waals surface area (Å²) in [6.45, 7) is 4.53. The van der Waals surface area contributed by atoms with Gasteiger partial charge in [-0.3, -0.25) is 0 Å². The van der Waals surface area contributed by atoms with Gasteiger partial charge in [-0.1, -0.05) is 6.07 Å². The molecule has 4 nitrogen and oxygen atoms in total. The lowest BCUT2D eigenvalue weighted by Crippen LogP contribution is -2.41. The number of piperidine rings is 1. The molecule has 1 heterocycles. The summed E-state index contributed by atoms with van der Waals surface area (Å²) in [5.41, 5.74) is 2.54. The van der Waals surface area contributed by atoms with E-state index in [9.17, 15) is 8.42 Å². The molecular formula is C18H27NO3S. The molecule has 0 aromatic heterocycles. The van der Waals surface area contributed by atoms with E-state index in [1.165, 1.54) is 17.5 Å². The average Bonchev–Trinajstić information content (AvgIpc) is 2.59. The Labute approximate surface area is 139 Å². The van der Waals surface area contributed by atoms with E-state index in [-0.39, 0.29) is 0 Å². The van der Waals surface area contributed by atoms with Crippen molar-refractivity contribution in [3.8, 4) is 0 Å². The van der Waals surface area contributed by atoms with E-state index in [1.807, 2.05) is 19.1 Å². The summed E-state index contributed by atoms with van der Waals surface area (Å²) < 4.78 is 33.1. The molecule has 2 aliphatic rings. The van der Waals surface area contributed by atoms with Gasteiger partial charge < -0.3 is 4.74 Å². The lowest BCUT2D eigenvalue weighted by Gasteiger charge is -2.32. The SMILES string of the molecule is CCOCC1CCCN(S(=O)(=O)c2ccc3c(c2)CCCC3)C1. The molecule has 0 saturated carbocycles. The zero-order valence-corrected chi connectivity index (χ0v) is 14.8. The number of hydrogen-bond acceptors (Lipinski definition) is 3. The van der Waals surface area contributed by atoms with E-state index in [0.717, 1.165) is 32.1 Å². The standard InChI is InChI=1S/C18H27NO3S/c1-2-22-14-15-6-5-11-19(13-15)23(20,21)18-10-9-16-7-3-4-8-17(16)12-18/h9-10,12,15H,2-8,11,13-14H2,1H3. The summed E-state index contributed by atoms with van der Waals surface area (Å²) in [4.78, 5) is 0.468. The van der Waals surface area contributed by atoms with Crippen molar-refractivity contribution in [1.82, 2.24) is 4.31 Å². The first-order valence-corrected chi connectivity index (χ1v) is 10.2. The van der Waals surface area contributed by atoms with E-state index < -0.39 is 10.0 Å². The second kappa shape index (κ2) is 7.32. The number of nitrogens with zero attached hydrogens (tertiary/aromatic N) is 1. The van der Waals surface area contributed by atoms with Crippen molar-refractivity contribution in [3.05, 3.63) is 29.3 Å². The minimum absolute atomic E-state index is 0.316. The van der Waals surface area contributed by atoms with Crippen molar-refractivity contribution in [2.45, 2.75) is 50.3 Å². The Morgan fingerprint density at radius 2 is 1.96 bits per heavy atom. The second-order valence-corrected chi connectivity index (χ2v) is 8.61. The smallest absolute Gasteiger partial charge is 0.243 e. The fourth-order valence-corrected chi connectivity index (χ4v) is 5.29. The molecule has 0 N–H and O–H groups in total. The van der Waals surface area contributed by atoms with Crippen molar-refractivity contribution in [1.29, 1.82) is 0 Å². The third-order valence-corrected chi connectivity index (χ3v) is 6.86. The maximum absolute atomic E-state index is 13.0. The molecule has 1 atom stereocenters. The summed E-state index contributed by atoms with van der Waals surface area (Å²) in [5, 5.41) is 0. The average molecular weight is 337 g/mol. The molecule has 23 heavy (non-hydrogen) atoms. The van der Waals surface area contributed by atoms with Crippen LogP contribution < -0.4 is 0 Å². The molecule has 1 aromatic rings. The number of ether oxygens (including phenoxy) is 1. The van der Waals surface area contributed by atoms with E-state index in [4.69, 9.17) is 4.74 Å². The van der Waals surface area contributed by atoms with Crippen molar-refractivity contribution in [2.75, 3.05) is 26.3 Å². The van der Waals surface area contributed by atoms with Crippen LogP contribution in [0.15, 0.2) is 23.1 Å². The molecular weight excluding hydrogens is 310 g/mol. The highest BCUT2D eigenvalue weighted by Gasteiger charge is 2.30. The second-order valence-electron chi connectivity index (χ2n) is 6.67. The first kappa shape index (κ1) is 16.9. The molecule has 1 aliphatic carbocycles. The largest absolute Gasteiger partial charge is 0.381 e. The van der Waals surface area contributed by atoms with Crippen LogP contribution in [-0.4, -0.2) is 39.0 Å². The number of sulfonamides is 1. The molecule has 1 aliphatic heterocycles. The lowest BCUT2D eigenvalue weighted by molar-refractivity contribution is 0.0864. The van der Waals surface area contributed by atoms with Crippen LogP contribution in [0.2, 0.25) is 0 Å². The van der Waals surface area contributed by atoms with Crippen LogP contribution in [0.1, 0.15) is 43.7 Å². The zero-order chi connectivity index (χ0) is 16.3. The number of rotatable bonds is 5. The molecule has 0 amide bonds. The van der Waals surface area contributed by atoms with Crippen LogP contribution in [-0.2, 0) is 27.6 Å². The minimum Gasteiger partial charge on any atom is -0.381 e. The van der Waals surface area contributed by atoms with Crippen LogP contribution in [0.5, 0.6) is 0 Å². The molecule has 0 bridgehead atoms. The maximum Gasteiger partial charge on any atom is 0.243 e. The van der Waals surface area contributed by atoms with Gasteiger partial charge in [-0.05, 0) is 74.6 Å². The minimum atomic E-state index is -3.38. The van der Waals surface area contributed by atoms with E-state index in [1.54, 1.807) is 10.4 Å². The summed E-state index contributed by atoms with van der Waals surface area (Å²) in [7, 11) is -3.38. The van der Waals surface area contributed by atoms with Crippen LogP contribution in [0.25, 0.3) is 0 Å². The summed E-state index contributed by atoms with van der Waals surface area (Å²) in [5.74, 6) is 0.316. The summed E-state index contributed by atoms with van der Waals surface area (Å²) >= 11 is 0. The van der Waals surface area contributed by atoms with Gasteiger partial charge in [0.2, 0.25) is 10.0 Å². The van der Waals surface area contributed by atoms with E-state index in [2.05, 4.69) is 0 Å². The molecule has 1 unspecified atom stereocenters. The van der Waals surface area contributed by atoms with Gasteiger partial charge in [-0.15, -0.1) is 0 Å². The molecule has 5 heteroatoms. The summed E-state index contributed by atoms with van der Waals surface area (Å²) in [6, 6.07) is 5.73. The van der Waals surface area contributed by atoms with Gasteiger partial charge in [-0.25, -0.2) is 8.42 Å². The fourth-order valence-electron chi connectivity index (χ4n) is 3.69. The fraction of sp³-hybridized carbons (Fsp3) is 0.667. The molecule has 1 aromatic carbocycles. The number of hydrogen-bond donors (Lipinski definition) is 0. The Balaban J connectivity index is 1.78. The van der Waals surface area contributed by atoms with Gasteiger partial charge in [-0.2, -0.15) is 4.31 Å². The molecule has 3 rings (SSSR count). The first-order valence-electron chi connectivity index (χ1n) is 8.81. The van der Waals surface area contributed by atoms with Crippen molar-refractivity contribution >= 4 is 10.0 Å². The number of aryl methyl sites for hydroxylation is 2. The highest BCUT2D eigenvalue weighted by Crippen LogP contribution is 2.28. The molecule has 1 saturated heterocycles. The van der Waals surface area contributed by atoms with Crippen molar-refractivity contribution < 1.29 is 13.2 Å². The first-order chi connectivity index (χ1) is 11.1. The van der Waals surface area contributed by atoms with Crippen LogP contribution in [0.3, 0.4) is 0 Å². The Bertz CT molecular complexity index is 642. The van der Waals surface area contributed by atoms with E-state index >= 15 is 0 Å². The molecule has 1 fully saturated rings. The quantitative estimate of drug-likeness (QED) is 0.830. The van der Waals surface area contributed by atoms with Gasteiger partial charge in [0.1, 0.15) is 0 Å². The number of fused-ring (bicyclic) bond motifs is 1. The van der Waals surface area contributed by atoms with Crippen LogP contribution in [0, 0.1) is 5.92 Å². The highest BCUT2D eigenvalue weighted by molar-refractivity contribution is 7.89. The monoisotopic (exact) mass is 337 g/mol. The number of benzene rings is 1. The zero-order valence-electron chi connectivity index (χ0n) is 14.0.